The fourth-order valence-corrected chi connectivity index (χ4v) is 1.28. The number of benzene rings is 1. The monoisotopic (exact) mass is 201 g/mol. The summed E-state index contributed by atoms with van der Waals surface area (Å²) in [7, 11) is 0. The lowest BCUT2D eigenvalue weighted by atomic mass is 10.2. The highest BCUT2D eigenvalue weighted by Crippen LogP contribution is 2.21. The maximum atomic E-state index is 10.1. The Morgan fingerprint density at radius 2 is 2.08 bits per heavy atom. The zero-order chi connectivity index (χ0) is 8.97. The Morgan fingerprint density at radius 1 is 1.33 bits per heavy atom. The molecule has 1 aromatic carbocycles. The third-order valence-electron chi connectivity index (χ3n) is 1.36. The van der Waals surface area contributed by atoms with Crippen LogP contribution in [0.3, 0.4) is 0 Å². The first-order chi connectivity index (χ1) is 5.74. The fourth-order valence-electron chi connectivity index (χ4n) is 0.812. The Balaban J connectivity index is 2.94. The van der Waals surface area contributed by atoms with E-state index in [1.165, 1.54) is 6.08 Å². The molecular weight excluding hydrogens is 195 g/mol. The van der Waals surface area contributed by atoms with Gasteiger partial charge in [-0.25, -0.2) is 5.11 Å². The molecule has 63 valence electrons. The summed E-state index contributed by atoms with van der Waals surface area (Å²) in [5, 5.41) is 11.3. The summed E-state index contributed by atoms with van der Waals surface area (Å²) in [6.07, 6.45) is 3.20. The molecular formula is C9H7Cl2O. The van der Waals surface area contributed by atoms with Gasteiger partial charge in [0.1, 0.15) is 6.61 Å². The van der Waals surface area contributed by atoms with E-state index in [-0.39, 0.29) is 6.61 Å². The van der Waals surface area contributed by atoms with Gasteiger partial charge in [-0.15, -0.1) is 0 Å². The third-order valence-corrected chi connectivity index (χ3v) is 1.92. The first kappa shape index (κ1) is 9.59. The number of hydrogen-bond acceptors (Lipinski definition) is 0. The quantitative estimate of drug-likeness (QED) is 0.699. The van der Waals surface area contributed by atoms with Gasteiger partial charge >= 0.3 is 0 Å². The summed E-state index contributed by atoms with van der Waals surface area (Å²) in [5.41, 5.74) is 0.817. The van der Waals surface area contributed by atoms with Crippen molar-refractivity contribution in [2.24, 2.45) is 0 Å². The standard InChI is InChI=1S/C9H7Cl2O/c10-8-4-3-7(2-1-5-12)9(11)6-8/h1-4,6H,5H2/b2-1+. The van der Waals surface area contributed by atoms with Gasteiger partial charge in [-0.3, -0.25) is 0 Å². The molecule has 0 aliphatic carbocycles. The highest BCUT2D eigenvalue weighted by Gasteiger charge is 1.96. The van der Waals surface area contributed by atoms with Crippen molar-refractivity contribution in [2.45, 2.75) is 0 Å². The van der Waals surface area contributed by atoms with E-state index in [0.717, 1.165) is 5.56 Å². The molecule has 1 rings (SSSR count). The van der Waals surface area contributed by atoms with Gasteiger partial charge < -0.3 is 0 Å². The van der Waals surface area contributed by atoms with E-state index in [1.54, 1.807) is 24.3 Å². The van der Waals surface area contributed by atoms with Crippen LogP contribution in [0.2, 0.25) is 10.0 Å². The molecule has 0 spiro atoms. The summed E-state index contributed by atoms with van der Waals surface area (Å²) >= 11 is 11.5. The van der Waals surface area contributed by atoms with Crippen LogP contribution in [0.15, 0.2) is 24.3 Å². The van der Waals surface area contributed by atoms with Crippen molar-refractivity contribution in [1.82, 2.24) is 0 Å². The molecule has 0 saturated heterocycles. The Morgan fingerprint density at radius 3 is 2.67 bits per heavy atom. The molecule has 0 aliphatic rings. The van der Waals surface area contributed by atoms with Crippen molar-refractivity contribution < 1.29 is 5.11 Å². The van der Waals surface area contributed by atoms with Gasteiger partial charge in [0.25, 0.3) is 0 Å². The molecule has 1 radical (unpaired) electrons. The Bertz CT molecular complexity index is 295. The van der Waals surface area contributed by atoms with Gasteiger partial charge in [0.05, 0.1) is 0 Å². The zero-order valence-electron chi connectivity index (χ0n) is 6.26. The highest BCUT2D eigenvalue weighted by molar-refractivity contribution is 6.35. The van der Waals surface area contributed by atoms with E-state index in [1.807, 2.05) is 0 Å². The second-order valence-corrected chi connectivity index (χ2v) is 3.08. The molecule has 0 heterocycles. The molecule has 0 amide bonds. The van der Waals surface area contributed by atoms with Crippen LogP contribution in [0.4, 0.5) is 0 Å². The Labute approximate surface area is 81.2 Å². The number of rotatable bonds is 2. The predicted octanol–water partition coefficient (Wildman–Crippen LogP) is 3.44. The lowest BCUT2D eigenvalue weighted by Gasteiger charge is -1.97. The van der Waals surface area contributed by atoms with Gasteiger partial charge in [-0.05, 0) is 17.7 Å². The average molecular weight is 202 g/mol. The minimum absolute atomic E-state index is 0.237. The second-order valence-electron chi connectivity index (χ2n) is 2.23. The summed E-state index contributed by atoms with van der Waals surface area (Å²) < 4.78 is 0. The lowest BCUT2D eigenvalue weighted by Crippen LogP contribution is -1.76. The van der Waals surface area contributed by atoms with E-state index in [2.05, 4.69) is 0 Å². The third kappa shape index (κ3) is 2.52. The molecule has 0 aromatic heterocycles. The molecule has 0 aliphatic heterocycles. The van der Waals surface area contributed by atoms with Crippen LogP contribution in [-0.4, -0.2) is 6.61 Å². The maximum Gasteiger partial charge on any atom is 0.101 e. The first-order valence-corrected chi connectivity index (χ1v) is 4.19. The topological polar surface area (TPSA) is 19.9 Å². The summed E-state index contributed by atoms with van der Waals surface area (Å²) in [5.74, 6) is 0. The van der Waals surface area contributed by atoms with Crippen LogP contribution >= 0.6 is 23.2 Å². The molecule has 1 aromatic rings. The van der Waals surface area contributed by atoms with Crippen molar-refractivity contribution in [1.29, 1.82) is 0 Å². The van der Waals surface area contributed by atoms with E-state index < -0.39 is 0 Å². The van der Waals surface area contributed by atoms with Gasteiger partial charge in [0.15, 0.2) is 0 Å². The van der Waals surface area contributed by atoms with Crippen molar-refractivity contribution >= 4 is 29.3 Å². The Kier molecular flexibility index (Phi) is 3.60. The predicted molar refractivity (Wildman–Crippen MR) is 51.0 cm³/mol. The largest absolute Gasteiger partial charge is 0.232 e. The van der Waals surface area contributed by atoms with Gasteiger partial charge in [0, 0.05) is 10.0 Å². The van der Waals surface area contributed by atoms with Gasteiger partial charge in [-0.2, -0.15) is 0 Å². The second kappa shape index (κ2) is 4.51. The molecule has 12 heavy (non-hydrogen) atoms. The fraction of sp³-hybridized carbons (Fsp3) is 0.111. The van der Waals surface area contributed by atoms with Crippen LogP contribution < -0.4 is 0 Å². The number of hydrogen-bond donors (Lipinski definition) is 0. The summed E-state index contributed by atoms with van der Waals surface area (Å²) in [6.45, 7) is -0.237. The SMILES string of the molecule is [O]C/C=C/c1ccc(Cl)cc1Cl. The van der Waals surface area contributed by atoms with E-state index >= 15 is 0 Å². The normalized spacial score (nSPS) is 10.9. The van der Waals surface area contributed by atoms with Crippen molar-refractivity contribution in [3.8, 4) is 0 Å². The maximum absolute atomic E-state index is 10.1. The zero-order valence-corrected chi connectivity index (χ0v) is 7.77. The van der Waals surface area contributed by atoms with Gasteiger partial charge in [0.2, 0.25) is 0 Å². The molecule has 0 unspecified atom stereocenters. The molecule has 0 N–H and O–H groups in total. The minimum Gasteiger partial charge on any atom is -0.232 e. The highest BCUT2D eigenvalue weighted by atomic mass is 35.5. The lowest BCUT2D eigenvalue weighted by molar-refractivity contribution is 0.233. The van der Waals surface area contributed by atoms with Crippen LogP contribution in [0.25, 0.3) is 6.08 Å². The smallest absolute Gasteiger partial charge is 0.101 e. The molecule has 1 nitrogen and oxygen atoms in total. The first-order valence-electron chi connectivity index (χ1n) is 3.43. The molecule has 0 saturated carbocycles. The molecule has 0 bridgehead atoms. The van der Waals surface area contributed by atoms with Crippen LogP contribution in [0.1, 0.15) is 5.56 Å². The van der Waals surface area contributed by atoms with Crippen LogP contribution in [-0.2, 0) is 5.11 Å². The molecule has 3 heteroatoms. The summed E-state index contributed by atoms with van der Waals surface area (Å²) in [4.78, 5) is 0. The van der Waals surface area contributed by atoms with E-state index in [4.69, 9.17) is 23.2 Å². The van der Waals surface area contributed by atoms with Crippen LogP contribution in [0.5, 0.6) is 0 Å². The summed E-state index contributed by atoms with van der Waals surface area (Å²) in [6, 6.07) is 5.16. The van der Waals surface area contributed by atoms with Crippen molar-refractivity contribution in [3.63, 3.8) is 0 Å². The molecule has 0 atom stereocenters. The average Bonchev–Trinajstić information content (AvgIpc) is 2.03. The molecule has 0 fully saturated rings. The minimum atomic E-state index is -0.237. The Hall–Kier alpha value is -0.500. The van der Waals surface area contributed by atoms with E-state index in [0.29, 0.717) is 10.0 Å². The van der Waals surface area contributed by atoms with Crippen molar-refractivity contribution in [2.75, 3.05) is 6.61 Å². The number of halogens is 2. The van der Waals surface area contributed by atoms with Crippen molar-refractivity contribution in [3.05, 3.63) is 39.9 Å². The van der Waals surface area contributed by atoms with Crippen LogP contribution in [0, 0.1) is 0 Å². The van der Waals surface area contributed by atoms with E-state index in [9.17, 15) is 5.11 Å². The van der Waals surface area contributed by atoms with Gasteiger partial charge in [-0.1, -0.05) is 41.4 Å².